The van der Waals surface area contributed by atoms with E-state index >= 15 is 0 Å². The number of nitrogens with one attached hydrogen (secondary N) is 1. The number of hydrogen-bond acceptors (Lipinski definition) is 2. The highest BCUT2D eigenvalue weighted by atomic mass is 15.0. The number of nitrogens with zero attached hydrogens (tertiary/aromatic N) is 2. The van der Waals surface area contributed by atoms with Gasteiger partial charge in [-0.25, -0.2) is 9.98 Å². The molecule has 0 aromatic heterocycles. The lowest BCUT2D eigenvalue weighted by Gasteiger charge is -2.21. The molecule has 13 heavy (non-hydrogen) atoms. The van der Waals surface area contributed by atoms with Crippen molar-refractivity contribution in [3.05, 3.63) is 12.3 Å². The lowest BCUT2D eigenvalue weighted by Crippen LogP contribution is -2.33. The Labute approximate surface area is 79.7 Å². The first kappa shape index (κ1) is 10.1. The van der Waals surface area contributed by atoms with Crippen molar-refractivity contribution < 1.29 is 0 Å². The first-order valence-electron chi connectivity index (χ1n) is 4.65. The van der Waals surface area contributed by atoms with Gasteiger partial charge in [0.15, 0.2) is 0 Å². The molecule has 1 saturated heterocycles. The van der Waals surface area contributed by atoms with Crippen molar-refractivity contribution in [3.63, 3.8) is 0 Å². The molecular weight excluding hydrogens is 162 g/mol. The maximum atomic E-state index is 4.27. The zero-order valence-corrected chi connectivity index (χ0v) is 8.21. The second kappa shape index (κ2) is 4.92. The third-order valence-corrected chi connectivity index (χ3v) is 2.13. The average molecular weight is 179 g/mol. The summed E-state index contributed by atoms with van der Waals surface area (Å²) in [4.78, 5) is 8.22. The van der Waals surface area contributed by atoms with E-state index in [0.717, 1.165) is 31.0 Å². The maximum Gasteiger partial charge on any atom is 0.132 e. The van der Waals surface area contributed by atoms with Crippen LogP contribution in [0.1, 0.15) is 19.8 Å². The van der Waals surface area contributed by atoms with E-state index < -0.39 is 0 Å². The van der Waals surface area contributed by atoms with Crippen LogP contribution >= 0.6 is 0 Å². The Morgan fingerprint density at radius 3 is 2.77 bits per heavy atom. The summed E-state index contributed by atoms with van der Waals surface area (Å²) < 4.78 is 0. The summed E-state index contributed by atoms with van der Waals surface area (Å²) in [5, 5.41) is 3.32. The van der Waals surface area contributed by atoms with Gasteiger partial charge in [0, 0.05) is 18.2 Å². The molecule has 1 rings (SSSR count). The lowest BCUT2D eigenvalue weighted by atomic mass is 9.98. The Kier molecular flexibility index (Phi) is 3.83. The topological polar surface area (TPSA) is 36.8 Å². The SMILES string of the molecule is C=NC(=NC(=C)C)C1CCCNC1. The molecule has 1 unspecified atom stereocenters. The highest BCUT2D eigenvalue weighted by molar-refractivity contribution is 5.89. The fraction of sp³-hybridized carbons (Fsp3) is 0.600. The van der Waals surface area contributed by atoms with Crippen LogP contribution in [0.5, 0.6) is 0 Å². The number of allylic oxidation sites excluding steroid dienone is 1. The van der Waals surface area contributed by atoms with Gasteiger partial charge in [0.2, 0.25) is 0 Å². The molecule has 0 aromatic rings. The minimum atomic E-state index is 0.419. The first-order chi connectivity index (χ1) is 6.24. The quantitative estimate of drug-likeness (QED) is 0.507. The van der Waals surface area contributed by atoms with E-state index in [4.69, 9.17) is 0 Å². The molecule has 1 atom stereocenters. The average Bonchev–Trinajstić information content (AvgIpc) is 2.15. The van der Waals surface area contributed by atoms with Crippen LogP contribution in [0, 0.1) is 5.92 Å². The summed E-state index contributed by atoms with van der Waals surface area (Å²) in [5.74, 6) is 1.25. The van der Waals surface area contributed by atoms with Gasteiger partial charge in [0.05, 0.1) is 0 Å². The Bertz CT molecular complexity index is 224. The van der Waals surface area contributed by atoms with Gasteiger partial charge in [-0.3, -0.25) is 0 Å². The normalized spacial score (nSPS) is 24.1. The molecule has 0 saturated carbocycles. The van der Waals surface area contributed by atoms with Crippen LogP contribution < -0.4 is 5.32 Å². The summed E-state index contributed by atoms with van der Waals surface area (Å²) in [5.41, 5.74) is 0.799. The second-order valence-corrected chi connectivity index (χ2v) is 3.41. The van der Waals surface area contributed by atoms with Crippen molar-refractivity contribution in [1.29, 1.82) is 0 Å². The molecule has 0 aromatic carbocycles. The van der Waals surface area contributed by atoms with Gasteiger partial charge >= 0.3 is 0 Å². The van der Waals surface area contributed by atoms with E-state index in [1.807, 2.05) is 6.92 Å². The molecule has 3 nitrogen and oxygen atoms in total. The first-order valence-corrected chi connectivity index (χ1v) is 4.65. The minimum Gasteiger partial charge on any atom is -0.316 e. The summed E-state index contributed by atoms with van der Waals surface area (Å²) >= 11 is 0. The highest BCUT2D eigenvalue weighted by Crippen LogP contribution is 2.13. The van der Waals surface area contributed by atoms with Gasteiger partial charge in [0.1, 0.15) is 5.84 Å². The number of aliphatic imine (C=N–C) groups is 2. The summed E-state index contributed by atoms with van der Waals surface area (Å²) in [6, 6.07) is 0. The van der Waals surface area contributed by atoms with Crippen LogP contribution in [0.25, 0.3) is 0 Å². The van der Waals surface area contributed by atoms with Gasteiger partial charge in [-0.05, 0) is 33.0 Å². The van der Waals surface area contributed by atoms with Crippen LogP contribution in [0.3, 0.4) is 0 Å². The van der Waals surface area contributed by atoms with Crippen LogP contribution in [-0.4, -0.2) is 25.6 Å². The molecule has 1 N–H and O–H groups in total. The van der Waals surface area contributed by atoms with E-state index in [2.05, 4.69) is 28.6 Å². The summed E-state index contributed by atoms with van der Waals surface area (Å²) in [6.45, 7) is 11.2. The molecule has 1 heterocycles. The maximum absolute atomic E-state index is 4.27. The lowest BCUT2D eigenvalue weighted by molar-refractivity contribution is 0.456. The second-order valence-electron chi connectivity index (χ2n) is 3.41. The molecule has 0 radical (unpaired) electrons. The highest BCUT2D eigenvalue weighted by Gasteiger charge is 2.17. The Morgan fingerprint density at radius 2 is 2.31 bits per heavy atom. The zero-order chi connectivity index (χ0) is 9.68. The standard InChI is InChI=1S/C10H17N3/c1-8(2)13-10(11-3)9-5-4-6-12-7-9/h9,12H,1,3-7H2,2H3. The van der Waals surface area contributed by atoms with Crippen LogP contribution in [0.4, 0.5) is 0 Å². The molecule has 0 bridgehead atoms. The molecule has 3 heteroatoms. The van der Waals surface area contributed by atoms with E-state index in [1.54, 1.807) is 0 Å². The molecule has 1 aliphatic rings. The smallest absolute Gasteiger partial charge is 0.132 e. The van der Waals surface area contributed by atoms with Crippen LogP contribution in [-0.2, 0) is 0 Å². The molecule has 0 aliphatic carbocycles. The number of piperidine rings is 1. The van der Waals surface area contributed by atoms with Crippen molar-refractivity contribution >= 4 is 12.6 Å². The number of hydrogen-bond donors (Lipinski definition) is 1. The number of amidine groups is 1. The molecule has 0 amide bonds. The third-order valence-electron chi connectivity index (χ3n) is 2.13. The fourth-order valence-electron chi connectivity index (χ4n) is 1.52. The molecule has 1 fully saturated rings. The molecule has 72 valence electrons. The largest absolute Gasteiger partial charge is 0.316 e. The van der Waals surface area contributed by atoms with E-state index in [-0.39, 0.29) is 0 Å². The van der Waals surface area contributed by atoms with E-state index in [0.29, 0.717) is 5.92 Å². The summed E-state index contributed by atoms with van der Waals surface area (Å²) in [7, 11) is 0. The Morgan fingerprint density at radius 1 is 1.54 bits per heavy atom. The van der Waals surface area contributed by atoms with Gasteiger partial charge in [-0.2, -0.15) is 0 Å². The van der Waals surface area contributed by atoms with Gasteiger partial charge in [-0.1, -0.05) is 6.58 Å². The molecule has 0 spiro atoms. The Balaban J connectivity index is 2.64. The Hall–Kier alpha value is -0.960. The minimum absolute atomic E-state index is 0.419. The van der Waals surface area contributed by atoms with E-state index in [1.165, 1.54) is 6.42 Å². The van der Waals surface area contributed by atoms with Crippen molar-refractivity contribution in [2.45, 2.75) is 19.8 Å². The predicted molar refractivity (Wildman–Crippen MR) is 57.4 cm³/mol. The van der Waals surface area contributed by atoms with Crippen LogP contribution in [0.2, 0.25) is 0 Å². The van der Waals surface area contributed by atoms with Gasteiger partial charge < -0.3 is 5.32 Å². The monoisotopic (exact) mass is 179 g/mol. The van der Waals surface area contributed by atoms with Gasteiger partial charge in [0.25, 0.3) is 0 Å². The van der Waals surface area contributed by atoms with Gasteiger partial charge in [-0.15, -0.1) is 0 Å². The summed E-state index contributed by atoms with van der Waals surface area (Å²) in [6.07, 6.45) is 2.34. The van der Waals surface area contributed by atoms with E-state index in [9.17, 15) is 0 Å². The van der Waals surface area contributed by atoms with Crippen LogP contribution in [0.15, 0.2) is 22.3 Å². The number of rotatable bonds is 2. The molecule has 1 aliphatic heterocycles. The van der Waals surface area contributed by atoms with Crippen molar-refractivity contribution in [3.8, 4) is 0 Å². The predicted octanol–water partition coefficient (Wildman–Crippen LogP) is 1.62. The third kappa shape index (κ3) is 3.11. The van der Waals surface area contributed by atoms with Crippen molar-refractivity contribution in [2.75, 3.05) is 13.1 Å². The van der Waals surface area contributed by atoms with Crippen molar-refractivity contribution in [2.24, 2.45) is 15.9 Å². The van der Waals surface area contributed by atoms with Crippen molar-refractivity contribution in [1.82, 2.24) is 5.32 Å². The fourth-order valence-corrected chi connectivity index (χ4v) is 1.52. The molecular formula is C10H17N3. The zero-order valence-electron chi connectivity index (χ0n) is 8.21.